The summed E-state index contributed by atoms with van der Waals surface area (Å²) in [6.45, 7) is 7.98. The van der Waals surface area contributed by atoms with Crippen LogP contribution in [0.15, 0.2) is 53.4 Å². The molecule has 158 valence electrons. The molecule has 0 aliphatic carbocycles. The van der Waals surface area contributed by atoms with E-state index in [-0.39, 0.29) is 12.4 Å². The number of likely N-dealkylation sites (tertiary alicyclic amines) is 1. The molecule has 0 bridgehead atoms. The van der Waals surface area contributed by atoms with Crippen LogP contribution in [0.25, 0.3) is 11.1 Å². The highest BCUT2D eigenvalue weighted by Gasteiger charge is 2.27. The lowest BCUT2D eigenvalue weighted by atomic mass is 9.98. The highest BCUT2D eigenvalue weighted by molar-refractivity contribution is 7.91. The van der Waals surface area contributed by atoms with E-state index < -0.39 is 15.3 Å². The molecule has 1 heterocycles. The van der Waals surface area contributed by atoms with Crippen LogP contribution in [0.5, 0.6) is 0 Å². The Bertz CT molecular complexity index is 902. The zero-order valence-electron chi connectivity index (χ0n) is 17.8. The molecule has 1 fully saturated rings. The smallest absolute Gasteiger partial charge is 0.178 e. The van der Waals surface area contributed by atoms with E-state index >= 15 is 0 Å². The second-order valence-corrected chi connectivity index (χ2v) is 11.1. The van der Waals surface area contributed by atoms with Gasteiger partial charge >= 0.3 is 0 Å². The summed E-state index contributed by atoms with van der Waals surface area (Å²) in [7, 11) is -3.42. The van der Waals surface area contributed by atoms with Crippen LogP contribution in [-0.2, 0) is 16.3 Å². The van der Waals surface area contributed by atoms with Crippen molar-refractivity contribution in [2.24, 2.45) is 5.41 Å². The Balaban J connectivity index is 1.65. The summed E-state index contributed by atoms with van der Waals surface area (Å²) in [4.78, 5) is 2.87. The average molecular weight is 416 g/mol. The molecule has 29 heavy (non-hydrogen) atoms. The zero-order valence-corrected chi connectivity index (χ0v) is 18.6. The molecular formula is C24H33NO3S. The van der Waals surface area contributed by atoms with Gasteiger partial charge < -0.3 is 10.0 Å². The molecule has 0 amide bonds. The standard InChI is InChI=1S/C24H33NO3S/c1-19-5-4-15-25(19)16-14-20-6-8-21(9-7-20)22-10-12-23(13-11-22)29(27,28)18-24(2,3)17-26/h6-13,19,26H,4-5,14-18H2,1-3H3/t19-/m1/s1. The van der Waals surface area contributed by atoms with Gasteiger partial charge in [0.25, 0.3) is 0 Å². The quantitative estimate of drug-likeness (QED) is 0.703. The number of aliphatic hydroxyl groups is 1. The first-order valence-electron chi connectivity index (χ1n) is 10.5. The van der Waals surface area contributed by atoms with Crippen LogP contribution >= 0.6 is 0 Å². The number of rotatable bonds is 8. The number of benzene rings is 2. The van der Waals surface area contributed by atoms with E-state index in [0.717, 1.165) is 24.1 Å². The van der Waals surface area contributed by atoms with Gasteiger partial charge in [0.05, 0.1) is 10.6 Å². The molecule has 5 heteroatoms. The van der Waals surface area contributed by atoms with Crippen LogP contribution in [0.4, 0.5) is 0 Å². The summed E-state index contributed by atoms with van der Waals surface area (Å²) >= 11 is 0. The van der Waals surface area contributed by atoms with Crippen molar-refractivity contribution < 1.29 is 13.5 Å². The summed E-state index contributed by atoms with van der Waals surface area (Å²) in [5.41, 5.74) is 2.77. The monoisotopic (exact) mass is 415 g/mol. The Hall–Kier alpha value is -1.69. The predicted molar refractivity (Wildman–Crippen MR) is 119 cm³/mol. The lowest BCUT2D eigenvalue weighted by Gasteiger charge is -2.21. The molecule has 0 saturated carbocycles. The van der Waals surface area contributed by atoms with Gasteiger partial charge in [-0.25, -0.2) is 8.42 Å². The van der Waals surface area contributed by atoms with E-state index in [1.807, 2.05) is 12.1 Å². The van der Waals surface area contributed by atoms with Gasteiger partial charge in [-0.3, -0.25) is 0 Å². The van der Waals surface area contributed by atoms with Crippen LogP contribution < -0.4 is 0 Å². The molecule has 1 N–H and O–H groups in total. The van der Waals surface area contributed by atoms with Crippen LogP contribution in [0.1, 0.15) is 39.2 Å². The zero-order chi connectivity index (χ0) is 21.1. The first kappa shape index (κ1) is 22.0. The molecule has 2 aromatic rings. The third-order valence-corrected chi connectivity index (χ3v) is 8.04. The fourth-order valence-electron chi connectivity index (χ4n) is 3.96. The predicted octanol–water partition coefficient (Wildman–Crippen LogP) is 4.17. The molecule has 1 aliphatic heterocycles. The van der Waals surface area contributed by atoms with Gasteiger partial charge in [0.1, 0.15) is 0 Å². The average Bonchev–Trinajstić information content (AvgIpc) is 3.11. The van der Waals surface area contributed by atoms with Crippen molar-refractivity contribution in [1.82, 2.24) is 4.90 Å². The van der Waals surface area contributed by atoms with Crippen LogP contribution in [0.2, 0.25) is 0 Å². The molecule has 2 aromatic carbocycles. The minimum atomic E-state index is -3.42. The van der Waals surface area contributed by atoms with Crippen LogP contribution in [0, 0.1) is 5.41 Å². The van der Waals surface area contributed by atoms with Crippen LogP contribution in [-0.4, -0.2) is 49.9 Å². The summed E-state index contributed by atoms with van der Waals surface area (Å²) in [6, 6.07) is 16.3. The Morgan fingerprint density at radius 3 is 2.14 bits per heavy atom. The summed E-state index contributed by atoms with van der Waals surface area (Å²) < 4.78 is 25.2. The number of hydrogen-bond acceptors (Lipinski definition) is 4. The van der Waals surface area contributed by atoms with E-state index in [1.54, 1.807) is 26.0 Å². The van der Waals surface area contributed by atoms with E-state index in [4.69, 9.17) is 0 Å². The number of nitrogens with zero attached hydrogens (tertiary/aromatic N) is 1. The summed E-state index contributed by atoms with van der Waals surface area (Å²) in [5, 5.41) is 9.37. The topological polar surface area (TPSA) is 57.6 Å². The van der Waals surface area contributed by atoms with Crippen molar-refractivity contribution >= 4 is 9.84 Å². The lowest BCUT2D eigenvalue weighted by molar-refractivity contribution is 0.179. The van der Waals surface area contributed by atoms with E-state index in [2.05, 4.69) is 36.1 Å². The van der Waals surface area contributed by atoms with Gasteiger partial charge in [-0.15, -0.1) is 0 Å². The fourth-order valence-corrected chi connectivity index (χ4v) is 5.80. The van der Waals surface area contributed by atoms with Crippen molar-refractivity contribution in [3.05, 3.63) is 54.1 Å². The summed E-state index contributed by atoms with van der Waals surface area (Å²) in [6.07, 6.45) is 3.67. The third kappa shape index (κ3) is 5.68. The second kappa shape index (κ2) is 8.99. The van der Waals surface area contributed by atoms with Crippen LogP contribution in [0.3, 0.4) is 0 Å². The maximum Gasteiger partial charge on any atom is 0.178 e. The van der Waals surface area contributed by atoms with E-state index in [0.29, 0.717) is 10.9 Å². The maximum atomic E-state index is 12.6. The van der Waals surface area contributed by atoms with E-state index in [1.165, 1.54) is 24.9 Å². The molecule has 0 aromatic heterocycles. The SMILES string of the molecule is C[C@@H]1CCCN1CCc1ccc(-c2ccc(S(=O)(=O)CC(C)(C)CO)cc2)cc1. The molecule has 0 radical (unpaired) electrons. The van der Waals surface area contributed by atoms with Crippen molar-refractivity contribution in [3.8, 4) is 11.1 Å². The number of aliphatic hydroxyl groups excluding tert-OH is 1. The molecule has 4 nitrogen and oxygen atoms in total. The molecule has 0 unspecified atom stereocenters. The molecule has 0 spiro atoms. The molecule has 1 aliphatic rings. The third-order valence-electron chi connectivity index (χ3n) is 5.89. The second-order valence-electron chi connectivity index (χ2n) is 9.08. The largest absolute Gasteiger partial charge is 0.396 e. The Kier molecular flexibility index (Phi) is 6.82. The highest BCUT2D eigenvalue weighted by atomic mass is 32.2. The minimum absolute atomic E-state index is 0.0693. The molecular weight excluding hydrogens is 382 g/mol. The lowest BCUT2D eigenvalue weighted by Crippen LogP contribution is -2.28. The fraction of sp³-hybridized carbons (Fsp3) is 0.500. The normalized spacial score (nSPS) is 18.3. The van der Waals surface area contributed by atoms with Gasteiger partial charge in [-0.2, -0.15) is 0 Å². The van der Waals surface area contributed by atoms with Crippen molar-refractivity contribution in [3.63, 3.8) is 0 Å². The maximum absolute atomic E-state index is 12.6. The van der Waals surface area contributed by atoms with Gasteiger partial charge in [0.15, 0.2) is 9.84 Å². The number of hydrogen-bond donors (Lipinski definition) is 1. The minimum Gasteiger partial charge on any atom is -0.396 e. The van der Waals surface area contributed by atoms with Gasteiger partial charge in [0.2, 0.25) is 0 Å². The Morgan fingerprint density at radius 1 is 1.03 bits per heavy atom. The van der Waals surface area contributed by atoms with Crippen molar-refractivity contribution in [2.75, 3.05) is 25.4 Å². The van der Waals surface area contributed by atoms with Gasteiger partial charge in [-0.1, -0.05) is 50.2 Å². The van der Waals surface area contributed by atoms with Crippen molar-refractivity contribution in [2.45, 2.75) is 51.0 Å². The number of sulfone groups is 1. The van der Waals surface area contributed by atoms with Crippen molar-refractivity contribution in [1.29, 1.82) is 0 Å². The summed E-state index contributed by atoms with van der Waals surface area (Å²) in [5.74, 6) is -0.0693. The Morgan fingerprint density at radius 2 is 1.62 bits per heavy atom. The molecule has 1 atom stereocenters. The Labute approximate surface area is 175 Å². The first-order chi connectivity index (χ1) is 13.7. The van der Waals surface area contributed by atoms with Gasteiger partial charge in [-0.05, 0) is 61.6 Å². The first-order valence-corrected chi connectivity index (χ1v) is 12.1. The molecule has 3 rings (SSSR count). The highest BCUT2D eigenvalue weighted by Crippen LogP contribution is 2.26. The van der Waals surface area contributed by atoms with Gasteiger partial charge in [0, 0.05) is 24.6 Å². The molecule has 1 saturated heterocycles. The van der Waals surface area contributed by atoms with E-state index in [9.17, 15) is 13.5 Å².